The maximum absolute atomic E-state index is 12.7. The molecule has 0 bridgehead atoms. The Morgan fingerprint density at radius 3 is 2.44 bits per heavy atom. The van der Waals surface area contributed by atoms with Crippen LogP contribution in [0.15, 0.2) is 54.6 Å². The van der Waals surface area contributed by atoms with Crippen LogP contribution in [0.25, 0.3) is 6.08 Å². The van der Waals surface area contributed by atoms with Crippen molar-refractivity contribution >= 4 is 17.7 Å². The van der Waals surface area contributed by atoms with Crippen molar-refractivity contribution in [2.45, 2.75) is 6.92 Å². The number of nitro groups is 1. The van der Waals surface area contributed by atoms with Crippen molar-refractivity contribution in [2.24, 2.45) is 0 Å². The zero-order chi connectivity index (χ0) is 19.2. The normalized spacial score (nSPS) is 15.2. The molecular weight excluding hydrogens is 342 g/mol. The minimum atomic E-state index is -0.425. The molecule has 2 aromatic carbocycles. The number of amides is 1. The van der Waals surface area contributed by atoms with Crippen LogP contribution >= 0.6 is 0 Å². The summed E-state index contributed by atoms with van der Waals surface area (Å²) in [5.74, 6) is -0.0625. The number of hydrogen-bond acceptors (Lipinski definition) is 4. The second-order valence-electron chi connectivity index (χ2n) is 6.66. The summed E-state index contributed by atoms with van der Waals surface area (Å²) in [4.78, 5) is 27.3. The van der Waals surface area contributed by atoms with Gasteiger partial charge in [0.25, 0.3) is 11.6 Å². The van der Waals surface area contributed by atoms with Gasteiger partial charge in [-0.1, -0.05) is 42.5 Å². The second kappa shape index (κ2) is 8.60. The molecule has 3 rings (SSSR count). The van der Waals surface area contributed by atoms with E-state index in [-0.39, 0.29) is 11.6 Å². The Bertz CT molecular complexity index is 841. The molecule has 1 aliphatic heterocycles. The lowest BCUT2D eigenvalue weighted by Crippen LogP contribution is -2.48. The fourth-order valence-corrected chi connectivity index (χ4v) is 3.21. The first-order valence-electron chi connectivity index (χ1n) is 9.03. The summed E-state index contributed by atoms with van der Waals surface area (Å²) in [6.07, 6.45) is 4.25. The Labute approximate surface area is 158 Å². The van der Waals surface area contributed by atoms with Crippen molar-refractivity contribution < 1.29 is 9.72 Å². The molecule has 0 radical (unpaired) electrons. The molecule has 0 aliphatic carbocycles. The number of aryl methyl sites for hydroxylation is 1. The van der Waals surface area contributed by atoms with Gasteiger partial charge in [0, 0.05) is 49.9 Å². The van der Waals surface area contributed by atoms with Crippen LogP contribution in [0.2, 0.25) is 0 Å². The van der Waals surface area contributed by atoms with E-state index < -0.39 is 4.92 Å². The lowest BCUT2D eigenvalue weighted by atomic mass is 10.1. The number of nitrogens with zero attached hydrogens (tertiary/aromatic N) is 3. The molecule has 0 N–H and O–H groups in total. The molecule has 0 spiro atoms. The number of carbonyl (C=O) groups is 1. The summed E-state index contributed by atoms with van der Waals surface area (Å²) >= 11 is 0. The van der Waals surface area contributed by atoms with Crippen molar-refractivity contribution in [3.63, 3.8) is 0 Å². The Morgan fingerprint density at radius 2 is 1.81 bits per heavy atom. The van der Waals surface area contributed by atoms with Crippen molar-refractivity contribution in [3.8, 4) is 0 Å². The maximum Gasteiger partial charge on any atom is 0.272 e. The van der Waals surface area contributed by atoms with Gasteiger partial charge in [0.05, 0.1) is 4.92 Å². The molecule has 0 saturated carbocycles. The number of hydrogen-bond donors (Lipinski definition) is 0. The first-order chi connectivity index (χ1) is 13.0. The van der Waals surface area contributed by atoms with E-state index in [4.69, 9.17) is 0 Å². The highest BCUT2D eigenvalue weighted by Gasteiger charge is 2.22. The lowest BCUT2D eigenvalue weighted by molar-refractivity contribution is -0.385. The number of benzene rings is 2. The van der Waals surface area contributed by atoms with Crippen LogP contribution in [0.1, 0.15) is 21.5 Å². The molecule has 1 amide bonds. The van der Waals surface area contributed by atoms with Crippen molar-refractivity contribution in [3.05, 3.63) is 81.4 Å². The zero-order valence-electron chi connectivity index (χ0n) is 15.4. The van der Waals surface area contributed by atoms with Gasteiger partial charge in [-0.2, -0.15) is 0 Å². The van der Waals surface area contributed by atoms with E-state index in [9.17, 15) is 14.9 Å². The number of nitro benzene ring substituents is 1. The molecule has 1 heterocycles. The van der Waals surface area contributed by atoms with Gasteiger partial charge in [-0.25, -0.2) is 0 Å². The van der Waals surface area contributed by atoms with Crippen LogP contribution < -0.4 is 0 Å². The van der Waals surface area contributed by atoms with Crippen LogP contribution in [0.4, 0.5) is 5.69 Å². The minimum Gasteiger partial charge on any atom is -0.336 e. The van der Waals surface area contributed by atoms with Crippen molar-refractivity contribution in [1.82, 2.24) is 9.80 Å². The van der Waals surface area contributed by atoms with Gasteiger partial charge >= 0.3 is 0 Å². The third-order valence-corrected chi connectivity index (χ3v) is 4.77. The first-order valence-corrected chi connectivity index (χ1v) is 9.03. The summed E-state index contributed by atoms with van der Waals surface area (Å²) in [6, 6.07) is 14.7. The van der Waals surface area contributed by atoms with Crippen LogP contribution in [0.5, 0.6) is 0 Å². The van der Waals surface area contributed by atoms with E-state index in [0.717, 1.165) is 19.6 Å². The minimum absolute atomic E-state index is 0.0431. The Hall–Kier alpha value is -2.99. The SMILES string of the molecule is Cc1cc(C(=O)N2CCN(C/C=C/c3ccccc3)CC2)ccc1[N+](=O)[O-]. The molecular formula is C21H23N3O3. The molecule has 140 valence electrons. The summed E-state index contributed by atoms with van der Waals surface area (Å²) in [7, 11) is 0. The highest BCUT2D eigenvalue weighted by atomic mass is 16.6. The van der Waals surface area contributed by atoms with E-state index >= 15 is 0 Å². The van der Waals surface area contributed by atoms with Gasteiger partial charge in [-0.05, 0) is 24.6 Å². The predicted octanol–water partition coefficient (Wildman–Crippen LogP) is 3.37. The van der Waals surface area contributed by atoms with Crippen molar-refractivity contribution in [1.29, 1.82) is 0 Å². The summed E-state index contributed by atoms with van der Waals surface area (Å²) < 4.78 is 0. The fraction of sp³-hybridized carbons (Fsp3) is 0.286. The van der Waals surface area contributed by atoms with Gasteiger partial charge in [0.15, 0.2) is 0 Å². The fourth-order valence-electron chi connectivity index (χ4n) is 3.21. The molecule has 1 aliphatic rings. The lowest BCUT2D eigenvalue weighted by Gasteiger charge is -2.34. The molecule has 27 heavy (non-hydrogen) atoms. The average Bonchev–Trinajstić information content (AvgIpc) is 2.68. The highest BCUT2D eigenvalue weighted by Crippen LogP contribution is 2.20. The Balaban J connectivity index is 1.53. The van der Waals surface area contributed by atoms with Crippen LogP contribution in [0.3, 0.4) is 0 Å². The standard InChI is InChI=1S/C21H23N3O3/c1-17-16-19(9-10-20(17)24(26)27)21(25)23-14-12-22(13-15-23)11-5-8-18-6-3-2-4-7-18/h2-10,16H,11-15H2,1H3/b8-5+. The predicted molar refractivity (Wildman–Crippen MR) is 106 cm³/mol. The van der Waals surface area contributed by atoms with E-state index in [1.54, 1.807) is 19.1 Å². The smallest absolute Gasteiger partial charge is 0.272 e. The monoisotopic (exact) mass is 365 g/mol. The number of carbonyl (C=O) groups excluding carboxylic acids is 1. The van der Waals surface area contributed by atoms with Gasteiger partial charge in [0.1, 0.15) is 0 Å². The summed E-state index contributed by atoms with van der Waals surface area (Å²) in [5.41, 5.74) is 2.24. The zero-order valence-corrected chi connectivity index (χ0v) is 15.4. The topological polar surface area (TPSA) is 66.7 Å². The molecule has 1 saturated heterocycles. The molecule has 6 heteroatoms. The molecule has 0 atom stereocenters. The maximum atomic E-state index is 12.7. The average molecular weight is 365 g/mol. The Kier molecular flexibility index (Phi) is 5.98. The molecule has 6 nitrogen and oxygen atoms in total. The van der Waals surface area contributed by atoms with E-state index in [1.165, 1.54) is 11.6 Å². The third-order valence-electron chi connectivity index (χ3n) is 4.77. The summed E-state index contributed by atoms with van der Waals surface area (Å²) in [5, 5.41) is 10.9. The number of rotatable bonds is 5. The van der Waals surface area contributed by atoms with Crippen LogP contribution in [-0.2, 0) is 0 Å². The highest BCUT2D eigenvalue weighted by molar-refractivity contribution is 5.94. The van der Waals surface area contributed by atoms with Gasteiger partial charge in [0.2, 0.25) is 0 Å². The Morgan fingerprint density at radius 1 is 1.11 bits per heavy atom. The van der Waals surface area contributed by atoms with E-state index in [1.807, 2.05) is 23.1 Å². The third kappa shape index (κ3) is 4.80. The van der Waals surface area contributed by atoms with Gasteiger partial charge in [-0.15, -0.1) is 0 Å². The molecule has 0 aromatic heterocycles. The van der Waals surface area contributed by atoms with Gasteiger partial charge in [-0.3, -0.25) is 19.8 Å². The second-order valence-corrected chi connectivity index (χ2v) is 6.66. The van der Waals surface area contributed by atoms with E-state index in [2.05, 4.69) is 29.2 Å². The van der Waals surface area contributed by atoms with E-state index in [0.29, 0.717) is 24.2 Å². The molecule has 0 unspecified atom stereocenters. The van der Waals surface area contributed by atoms with Gasteiger partial charge < -0.3 is 4.90 Å². The molecule has 1 fully saturated rings. The summed E-state index contributed by atoms with van der Waals surface area (Å²) in [6.45, 7) is 5.47. The number of piperazine rings is 1. The molecule has 2 aromatic rings. The van der Waals surface area contributed by atoms with Crippen molar-refractivity contribution in [2.75, 3.05) is 32.7 Å². The van der Waals surface area contributed by atoms with Crippen LogP contribution in [-0.4, -0.2) is 53.4 Å². The first kappa shape index (κ1) is 18.8. The quantitative estimate of drug-likeness (QED) is 0.602. The van der Waals surface area contributed by atoms with Crippen LogP contribution in [0, 0.1) is 17.0 Å². The largest absolute Gasteiger partial charge is 0.336 e.